The first kappa shape index (κ1) is 22.6. The summed E-state index contributed by atoms with van der Waals surface area (Å²) in [4.78, 5) is 28.5. The maximum atomic E-state index is 14.8. The molecule has 170 valence electrons. The van der Waals surface area contributed by atoms with Crippen molar-refractivity contribution in [2.24, 2.45) is 11.3 Å². The van der Waals surface area contributed by atoms with Gasteiger partial charge in [-0.05, 0) is 43.6 Å². The lowest BCUT2D eigenvalue weighted by Crippen LogP contribution is -2.34. The van der Waals surface area contributed by atoms with Crippen molar-refractivity contribution in [2.75, 3.05) is 6.61 Å². The zero-order valence-corrected chi connectivity index (χ0v) is 19.2. The van der Waals surface area contributed by atoms with Gasteiger partial charge in [0.05, 0.1) is 23.5 Å². The Morgan fingerprint density at radius 2 is 2.06 bits per heavy atom. The van der Waals surface area contributed by atoms with Gasteiger partial charge in [-0.2, -0.15) is 0 Å². The fraction of sp³-hybridized carbons (Fsp3) is 0.500. The smallest absolute Gasteiger partial charge is 0.306 e. The van der Waals surface area contributed by atoms with Crippen LogP contribution >= 0.6 is 11.6 Å². The first-order valence-corrected chi connectivity index (χ1v) is 11.6. The van der Waals surface area contributed by atoms with E-state index in [0.717, 1.165) is 31.1 Å². The predicted octanol–water partition coefficient (Wildman–Crippen LogP) is 5.89. The number of ether oxygens (including phenoxy) is 1. The van der Waals surface area contributed by atoms with E-state index < -0.39 is 5.82 Å². The maximum absolute atomic E-state index is 14.8. The number of hydrogen-bond donors (Lipinski definition) is 1. The van der Waals surface area contributed by atoms with Crippen LogP contribution < -0.4 is 0 Å². The van der Waals surface area contributed by atoms with E-state index in [1.165, 1.54) is 12.6 Å². The van der Waals surface area contributed by atoms with Crippen LogP contribution in [0.25, 0.3) is 22.4 Å². The highest BCUT2D eigenvalue weighted by Gasteiger charge is 2.37. The van der Waals surface area contributed by atoms with Crippen molar-refractivity contribution < 1.29 is 13.9 Å². The van der Waals surface area contributed by atoms with Crippen LogP contribution in [0.4, 0.5) is 4.39 Å². The van der Waals surface area contributed by atoms with Gasteiger partial charge in [0.1, 0.15) is 5.65 Å². The molecular formula is C24H28ClFN4O2. The van der Waals surface area contributed by atoms with Crippen molar-refractivity contribution in [3.05, 3.63) is 41.2 Å². The summed E-state index contributed by atoms with van der Waals surface area (Å²) < 4.78 is 20.1. The number of hydrogen-bond acceptors (Lipinski definition) is 5. The van der Waals surface area contributed by atoms with Crippen molar-refractivity contribution in [1.82, 2.24) is 19.9 Å². The zero-order chi connectivity index (χ0) is 22.7. The number of halogens is 2. The average Bonchev–Trinajstić information content (AvgIpc) is 3.18. The number of aromatic amines is 1. The lowest BCUT2D eigenvalue weighted by molar-refractivity contribution is -0.145. The number of carbonyl (C=O) groups excluding carboxylic acids is 1. The number of carbonyl (C=O) groups is 1. The normalized spacial score (nSPS) is 16.8. The molecule has 0 aromatic carbocycles. The number of H-pyrrole nitrogens is 1. The molecule has 32 heavy (non-hydrogen) atoms. The number of pyridine rings is 1. The van der Waals surface area contributed by atoms with Crippen LogP contribution in [-0.2, 0) is 16.0 Å². The van der Waals surface area contributed by atoms with Gasteiger partial charge < -0.3 is 9.72 Å². The second-order valence-electron chi connectivity index (χ2n) is 8.87. The Hall–Kier alpha value is -2.54. The molecule has 0 radical (unpaired) electrons. The Kier molecular flexibility index (Phi) is 6.74. The summed E-state index contributed by atoms with van der Waals surface area (Å²) in [5.41, 5.74) is 1.64. The molecule has 1 aliphatic rings. The van der Waals surface area contributed by atoms with E-state index in [1.54, 1.807) is 25.4 Å². The van der Waals surface area contributed by atoms with Crippen molar-refractivity contribution in [2.45, 2.75) is 58.8 Å². The number of nitrogens with one attached hydrogen (secondary N) is 1. The van der Waals surface area contributed by atoms with Gasteiger partial charge in [0.15, 0.2) is 11.6 Å². The first-order valence-electron chi connectivity index (χ1n) is 11.2. The highest BCUT2D eigenvalue weighted by atomic mass is 35.5. The van der Waals surface area contributed by atoms with Crippen LogP contribution in [0.1, 0.15) is 58.1 Å². The second kappa shape index (κ2) is 9.53. The average molecular weight is 459 g/mol. The number of nitrogens with zero attached hydrogens (tertiary/aromatic N) is 3. The van der Waals surface area contributed by atoms with Gasteiger partial charge >= 0.3 is 5.97 Å². The summed E-state index contributed by atoms with van der Waals surface area (Å²) in [6.07, 6.45) is 10.6. The molecule has 6 nitrogen and oxygen atoms in total. The topological polar surface area (TPSA) is 80.8 Å². The summed E-state index contributed by atoms with van der Waals surface area (Å²) >= 11 is 6.11. The molecule has 1 saturated carbocycles. The van der Waals surface area contributed by atoms with Crippen LogP contribution in [0.15, 0.2) is 24.7 Å². The van der Waals surface area contributed by atoms with Crippen LogP contribution in [-0.4, -0.2) is 32.5 Å². The fourth-order valence-corrected chi connectivity index (χ4v) is 4.98. The van der Waals surface area contributed by atoms with Gasteiger partial charge in [0, 0.05) is 29.8 Å². The first-order chi connectivity index (χ1) is 15.4. The van der Waals surface area contributed by atoms with Crippen LogP contribution in [0.3, 0.4) is 0 Å². The van der Waals surface area contributed by atoms with Gasteiger partial charge in [0.25, 0.3) is 0 Å². The zero-order valence-electron chi connectivity index (χ0n) is 18.5. The Morgan fingerprint density at radius 1 is 1.28 bits per heavy atom. The molecule has 1 N–H and O–H groups in total. The monoisotopic (exact) mass is 458 g/mol. The third-order valence-electron chi connectivity index (χ3n) is 6.69. The van der Waals surface area contributed by atoms with Gasteiger partial charge in [-0.25, -0.2) is 19.3 Å². The van der Waals surface area contributed by atoms with Crippen LogP contribution in [0.2, 0.25) is 5.02 Å². The Morgan fingerprint density at radius 3 is 2.81 bits per heavy atom. The molecule has 3 heterocycles. The molecule has 1 aliphatic carbocycles. The summed E-state index contributed by atoms with van der Waals surface area (Å²) in [6.45, 7) is 4.35. The fourth-order valence-electron chi connectivity index (χ4n) is 4.83. The minimum absolute atomic E-state index is 0.0548. The quantitative estimate of drug-likeness (QED) is 0.446. The standard InChI is InChI=1S/C24H28ClFN4O2/c1-3-32-21(31)10-15(24(2)7-5-4-6-8-24)9-20-19(26)14-29-23(30-20)18-13-28-22-17(18)11-16(25)12-27-22/h11-15H,3-10H2,1-2H3,(H,27,28). The minimum atomic E-state index is -0.460. The van der Waals surface area contributed by atoms with Crippen LogP contribution in [0.5, 0.6) is 0 Å². The molecule has 3 aromatic rings. The molecule has 4 rings (SSSR count). The van der Waals surface area contributed by atoms with Gasteiger partial charge in [-0.3, -0.25) is 4.79 Å². The van der Waals surface area contributed by atoms with Crippen molar-refractivity contribution in [1.29, 1.82) is 0 Å². The third kappa shape index (κ3) is 4.77. The number of aromatic nitrogens is 4. The highest BCUT2D eigenvalue weighted by Crippen LogP contribution is 2.45. The van der Waals surface area contributed by atoms with Crippen LogP contribution in [0, 0.1) is 17.2 Å². The van der Waals surface area contributed by atoms with E-state index in [4.69, 9.17) is 16.3 Å². The van der Waals surface area contributed by atoms with Crippen molar-refractivity contribution in [3.8, 4) is 11.4 Å². The van der Waals surface area contributed by atoms with E-state index in [9.17, 15) is 9.18 Å². The summed E-state index contributed by atoms with van der Waals surface area (Å²) in [5, 5.41) is 1.28. The lowest BCUT2D eigenvalue weighted by atomic mass is 9.65. The number of fused-ring (bicyclic) bond motifs is 1. The SMILES string of the molecule is CCOC(=O)CC(Cc1nc(-c2c[nH]c3ncc(Cl)cc23)ncc1F)C1(C)CCCCC1. The predicted molar refractivity (Wildman–Crippen MR) is 122 cm³/mol. The second-order valence-corrected chi connectivity index (χ2v) is 9.30. The molecule has 3 aromatic heterocycles. The van der Waals surface area contributed by atoms with E-state index >= 15 is 0 Å². The maximum Gasteiger partial charge on any atom is 0.306 e. The molecule has 1 fully saturated rings. The van der Waals surface area contributed by atoms with Crippen molar-refractivity contribution >= 4 is 28.6 Å². The van der Waals surface area contributed by atoms with Gasteiger partial charge in [-0.15, -0.1) is 0 Å². The van der Waals surface area contributed by atoms with E-state index in [2.05, 4.69) is 26.9 Å². The lowest BCUT2D eigenvalue weighted by Gasteiger charge is -2.40. The summed E-state index contributed by atoms with van der Waals surface area (Å²) in [5.74, 6) is -0.354. The molecule has 0 saturated heterocycles. The van der Waals surface area contributed by atoms with E-state index in [1.807, 2.05) is 0 Å². The molecular weight excluding hydrogens is 431 g/mol. The Bertz CT molecular complexity index is 1110. The minimum Gasteiger partial charge on any atom is -0.466 e. The molecule has 8 heteroatoms. The Labute approximate surface area is 192 Å². The van der Waals surface area contributed by atoms with Gasteiger partial charge in [-0.1, -0.05) is 37.8 Å². The molecule has 0 amide bonds. The molecule has 1 atom stereocenters. The third-order valence-corrected chi connectivity index (χ3v) is 6.90. The molecule has 0 aliphatic heterocycles. The largest absolute Gasteiger partial charge is 0.466 e. The van der Waals surface area contributed by atoms with E-state index in [-0.39, 0.29) is 23.7 Å². The van der Waals surface area contributed by atoms with Crippen molar-refractivity contribution in [3.63, 3.8) is 0 Å². The summed E-state index contributed by atoms with van der Waals surface area (Å²) in [7, 11) is 0. The van der Waals surface area contributed by atoms with Gasteiger partial charge in [0.2, 0.25) is 0 Å². The molecule has 1 unspecified atom stereocenters. The highest BCUT2D eigenvalue weighted by molar-refractivity contribution is 6.31. The number of esters is 1. The molecule has 0 bridgehead atoms. The molecule has 0 spiro atoms. The van der Waals surface area contributed by atoms with E-state index in [0.29, 0.717) is 40.8 Å². The number of rotatable bonds is 7. The summed E-state index contributed by atoms with van der Waals surface area (Å²) in [6, 6.07) is 1.79. The Balaban J connectivity index is 1.67.